The maximum absolute atomic E-state index is 13.7. The van der Waals surface area contributed by atoms with Gasteiger partial charge in [0.05, 0.1) is 33.0 Å². The highest BCUT2D eigenvalue weighted by atomic mass is 33.4. The summed E-state index contributed by atoms with van der Waals surface area (Å²) < 4.78 is 24.5. The molecule has 65 heavy (non-hydrogen) atoms. The summed E-state index contributed by atoms with van der Waals surface area (Å²) in [6, 6.07) is 0. The molecule has 4 aliphatic carbocycles. The molecule has 0 bridgehead atoms. The Hall–Kier alpha value is 0.0500. The predicted octanol–water partition coefficient (Wildman–Crippen LogP) is 7.49. The van der Waals surface area contributed by atoms with E-state index in [0.29, 0.717) is 26.4 Å². The number of allylic oxidation sites excluding steroid dienone is 1. The molecule has 0 aromatic heterocycles. The van der Waals surface area contributed by atoms with Crippen LogP contribution in [0, 0.1) is 80.8 Å². The SMILES string of the molecule is C.C#C[C@@]12CC[C@@H](C)[C@@](C)(C(=O)C[C@](C)(C=C)C=O)C1C1(CC2)OCCO1.C#C[C@@]12CC[C@@H](C)[C@@](C)(C(=O)C[C@](C)(C=C)CO)C1C1(CC2)OCCO1.S=S=S=S=S=S=S=S=S=S=S=S. The van der Waals surface area contributed by atoms with Crippen LogP contribution < -0.4 is 0 Å². The van der Waals surface area contributed by atoms with Crippen LogP contribution in [0.2, 0.25) is 0 Å². The summed E-state index contributed by atoms with van der Waals surface area (Å²) in [5.41, 5.74) is -3.57. The van der Waals surface area contributed by atoms with E-state index >= 15 is 0 Å². The van der Waals surface area contributed by atoms with E-state index in [-0.39, 0.29) is 72.9 Å². The molecular formula is C45H66O8S12. The van der Waals surface area contributed by atoms with Gasteiger partial charge in [-0.15, -0.1) is 26.0 Å². The fourth-order valence-electron chi connectivity index (χ4n) is 11.4. The molecule has 20 heteroatoms. The first-order chi connectivity index (χ1) is 30.3. The molecule has 0 amide bonds. The molecule has 2 aliphatic heterocycles. The molecule has 6 rings (SSSR count). The number of terminal acetylenes is 2. The molecule has 1 N–H and O–H groups in total. The number of carbonyl (C=O) groups is 3. The van der Waals surface area contributed by atoms with Crippen molar-refractivity contribution >= 4 is 129 Å². The summed E-state index contributed by atoms with van der Waals surface area (Å²) in [5, 5.41) is 9.77. The highest BCUT2D eigenvalue weighted by Gasteiger charge is 2.71. The molecule has 0 radical (unpaired) electrons. The van der Waals surface area contributed by atoms with Crippen LogP contribution in [0.25, 0.3) is 0 Å². The molecule has 10 atom stereocenters. The van der Waals surface area contributed by atoms with Gasteiger partial charge < -0.3 is 28.8 Å². The minimum absolute atomic E-state index is 0. The van der Waals surface area contributed by atoms with Crippen LogP contribution in [0.5, 0.6) is 0 Å². The van der Waals surface area contributed by atoms with Gasteiger partial charge in [0.1, 0.15) is 17.9 Å². The molecule has 4 saturated carbocycles. The number of fused-ring (bicyclic) bond motifs is 4. The van der Waals surface area contributed by atoms with Crippen molar-refractivity contribution in [3.05, 3.63) is 25.3 Å². The van der Waals surface area contributed by atoms with Gasteiger partial charge in [-0.05, 0) is 57.3 Å². The van der Waals surface area contributed by atoms with Crippen molar-refractivity contribution in [2.24, 2.45) is 56.2 Å². The lowest BCUT2D eigenvalue weighted by Crippen LogP contribution is -2.59. The second kappa shape index (κ2) is 25.4. The van der Waals surface area contributed by atoms with Crippen LogP contribution in [0.3, 0.4) is 0 Å². The molecule has 6 fully saturated rings. The van der Waals surface area contributed by atoms with Crippen molar-refractivity contribution in [2.75, 3.05) is 33.0 Å². The Labute approximate surface area is 427 Å². The fraction of sp³-hybridized carbons (Fsp3) is 0.756. The highest BCUT2D eigenvalue weighted by molar-refractivity contribution is 8.75. The zero-order valence-electron chi connectivity index (χ0n) is 37.4. The smallest absolute Gasteiger partial charge is 0.173 e. The first kappa shape index (κ1) is 59.4. The number of hydrogen-bond acceptors (Lipinski definition) is 10. The lowest BCUT2D eigenvalue weighted by Gasteiger charge is -2.54. The number of aliphatic hydroxyl groups excluding tert-OH is 1. The Morgan fingerprint density at radius 3 is 1.37 bits per heavy atom. The van der Waals surface area contributed by atoms with E-state index in [1.807, 2.05) is 13.8 Å². The Morgan fingerprint density at radius 1 is 0.692 bits per heavy atom. The van der Waals surface area contributed by atoms with E-state index < -0.39 is 33.2 Å². The molecule has 2 spiro atoms. The van der Waals surface area contributed by atoms with Crippen molar-refractivity contribution in [3.8, 4) is 24.7 Å². The van der Waals surface area contributed by atoms with Gasteiger partial charge in [-0.2, -0.15) is 0 Å². The summed E-state index contributed by atoms with van der Waals surface area (Å²) >= 11 is 9.38. The van der Waals surface area contributed by atoms with Gasteiger partial charge in [-0.1, -0.05) is 66.0 Å². The van der Waals surface area contributed by atoms with E-state index in [4.69, 9.17) is 31.8 Å². The van der Waals surface area contributed by atoms with Gasteiger partial charge in [-0.25, -0.2) is 0 Å². The number of hydrogen-bond donors (Lipinski definition) is 1. The van der Waals surface area contributed by atoms with Gasteiger partial charge in [0.15, 0.2) is 11.6 Å². The normalized spacial score (nSPS) is 33.7. The second-order valence-corrected chi connectivity index (χ2v) is 36.3. The molecule has 6 aliphatic rings. The summed E-state index contributed by atoms with van der Waals surface area (Å²) in [6.45, 7) is 21.6. The van der Waals surface area contributed by atoms with E-state index in [2.05, 4.69) is 68.1 Å². The molecule has 0 aromatic carbocycles. The number of aliphatic hydroxyl groups is 1. The Balaban J connectivity index is 0.000000275. The number of carbonyl (C=O) groups excluding carboxylic acids is 3. The lowest BCUT2D eigenvalue weighted by molar-refractivity contribution is -0.232. The maximum atomic E-state index is 13.7. The van der Waals surface area contributed by atoms with Crippen LogP contribution in [-0.4, -0.2) is 67.6 Å². The summed E-state index contributed by atoms with van der Waals surface area (Å²) in [6.07, 6.45) is 23.3. The molecular weight excluding hydrogens is 1050 g/mol. The Bertz CT molecular complexity index is 2280. The molecule has 366 valence electrons. The average molecular weight is 1120 g/mol. The lowest BCUT2D eigenvalue weighted by atomic mass is 9.49. The van der Waals surface area contributed by atoms with E-state index in [0.717, 1.165) is 57.7 Å². The van der Waals surface area contributed by atoms with E-state index in [1.54, 1.807) is 90.1 Å². The number of ether oxygens (including phenoxy) is 4. The average Bonchev–Trinajstić information content (AvgIpc) is 4.12. The Kier molecular flexibility index (Phi) is 23.2. The topological polar surface area (TPSA) is 108 Å². The Morgan fingerprint density at radius 2 is 1.06 bits per heavy atom. The molecule has 0 aromatic rings. The van der Waals surface area contributed by atoms with Gasteiger partial charge in [0, 0.05) is 181 Å². The van der Waals surface area contributed by atoms with Crippen LogP contribution in [0.1, 0.15) is 113 Å². The van der Waals surface area contributed by atoms with Gasteiger partial charge >= 0.3 is 0 Å². The van der Waals surface area contributed by atoms with Crippen LogP contribution in [-0.2, 0) is 145 Å². The summed E-state index contributed by atoms with van der Waals surface area (Å²) in [5.74, 6) is 4.78. The van der Waals surface area contributed by atoms with Gasteiger partial charge in [0.25, 0.3) is 0 Å². The first-order valence-electron chi connectivity index (χ1n) is 21.2. The molecule has 2 heterocycles. The van der Waals surface area contributed by atoms with Crippen molar-refractivity contribution in [1.82, 2.24) is 0 Å². The fourth-order valence-corrected chi connectivity index (χ4v) is 33.3. The number of aldehydes is 1. The summed E-state index contributed by atoms with van der Waals surface area (Å²) in [7, 11) is 16.3. The standard InChI is InChI=1S/C22H32O4.C22H30O4.CH4.S12/c2*1-6-19(4,15-23)14-17(24)20(5)16(3)8-9-21(7-2)10-11-22(18(20)21)25-12-13-26-22;;1-3-5-7-9-11-12-10-8-6-4-2/h2,6,16,18,23H,1,8-15H2,3-5H3;2,6,15-16,18H,1,8-14H2,3-5H3;1H4;/t2*16-,18?,19+,20+,21+;;/m11../s1. The molecule has 2 saturated heterocycles. The predicted molar refractivity (Wildman–Crippen MR) is 294 cm³/mol. The van der Waals surface area contributed by atoms with Crippen LogP contribution >= 0.6 is 0 Å². The zero-order valence-corrected chi connectivity index (χ0v) is 47.2. The zero-order chi connectivity index (χ0) is 47.5. The largest absolute Gasteiger partial charge is 0.395 e. The van der Waals surface area contributed by atoms with Crippen molar-refractivity contribution < 1.29 is 38.4 Å². The van der Waals surface area contributed by atoms with Gasteiger partial charge in [0.2, 0.25) is 0 Å². The van der Waals surface area contributed by atoms with E-state index in [1.165, 1.54) is 17.8 Å². The first-order valence-corrected chi connectivity index (χ1v) is 35.9. The number of ketones is 2. The highest BCUT2D eigenvalue weighted by Crippen LogP contribution is 2.68. The van der Waals surface area contributed by atoms with Crippen molar-refractivity contribution in [3.63, 3.8) is 0 Å². The van der Waals surface area contributed by atoms with E-state index in [9.17, 15) is 19.5 Å². The van der Waals surface area contributed by atoms with Crippen LogP contribution in [0.4, 0.5) is 0 Å². The van der Waals surface area contributed by atoms with Crippen molar-refractivity contribution in [1.29, 1.82) is 0 Å². The minimum atomic E-state index is -0.862. The molecule has 2 unspecified atom stereocenters. The number of Topliss-reactive ketones (excluding diaryl/α,β-unsaturated/α-hetero) is 2. The monoisotopic (exact) mass is 1120 g/mol. The van der Waals surface area contributed by atoms with Crippen LogP contribution in [0.15, 0.2) is 25.3 Å². The minimum Gasteiger partial charge on any atom is -0.395 e. The third-order valence-corrected chi connectivity index (χ3v) is 35.4. The van der Waals surface area contributed by atoms with Gasteiger partial charge in [-0.3, -0.25) is 9.59 Å². The quantitative estimate of drug-likeness (QED) is 0.134. The maximum Gasteiger partial charge on any atom is 0.173 e. The third-order valence-electron chi connectivity index (χ3n) is 15.4. The third kappa shape index (κ3) is 12.4. The van der Waals surface area contributed by atoms with Crippen molar-refractivity contribution in [2.45, 2.75) is 125 Å². The second-order valence-electron chi connectivity index (χ2n) is 18.7. The summed E-state index contributed by atoms with van der Waals surface area (Å²) in [4.78, 5) is 38.8. The number of rotatable bonds is 10. The molecule has 8 nitrogen and oxygen atoms in total.